The first-order valence-corrected chi connectivity index (χ1v) is 14.5. The predicted octanol–water partition coefficient (Wildman–Crippen LogP) is 4.72. The maximum Gasteiger partial charge on any atom is 0.433 e. The van der Waals surface area contributed by atoms with Crippen LogP contribution in [-0.4, -0.2) is 85.7 Å². The number of benzene rings is 1. The Bertz CT molecular complexity index is 1510. The number of oxime groups is 1. The molecule has 2 fully saturated rings. The Hall–Kier alpha value is -3.52. The topological polar surface area (TPSA) is 118 Å². The number of halogens is 4. The molecule has 4 heterocycles. The normalized spacial score (nSPS) is 17.4. The Labute approximate surface area is 257 Å². The predicted molar refractivity (Wildman–Crippen MR) is 157 cm³/mol. The Morgan fingerprint density at radius 3 is 2.50 bits per heavy atom. The zero-order chi connectivity index (χ0) is 31.5. The van der Waals surface area contributed by atoms with E-state index in [0.717, 1.165) is 37.2 Å². The monoisotopic (exact) mass is 634 g/mol. The molecule has 236 valence electrons. The smallest absolute Gasteiger partial charge is 0.433 e. The van der Waals surface area contributed by atoms with Crippen molar-refractivity contribution in [3.63, 3.8) is 0 Å². The summed E-state index contributed by atoms with van der Waals surface area (Å²) in [7, 11) is 0. The van der Waals surface area contributed by atoms with Gasteiger partial charge in [0.1, 0.15) is 23.8 Å². The Morgan fingerprint density at radius 1 is 1.16 bits per heavy atom. The van der Waals surface area contributed by atoms with E-state index in [1.807, 2.05) is 0 Å². The second kappa shape index (κ2) is 12.8. The van der Waals surface area contributed by atoms with E-state index in [-0.39, 0.29) is 52.6 Å². The summed E-state index contributed by atoms with van der Waals surface area (Å²) in [6.07, 6.45) is 0.665. The molecule has 0 saturated carbocycles. The lowest BCUT2D eigenvalue weighted by molar-refractivity contribution is -0.189. The quantitative estimate of drug-likeness (QED) is 0.167. The van der Waals surface area contributed by atoms with E-state index in [4.69, 9.17) is 21.1 Å². The molecular weight excluding hydrogens is 601 g/mol. The van der Waals surface area contributed by atoms with E-state index in [2.05, 4.69) is 25.1 Å². The molecule has 0 unspecified atom stereocenters. The first-order chi connectivity index (χ1) is 20.9. The highest BCUT2D eigenvalue weighted by Crippen LogP contribution is 2.38. The first kappa shape index (κ1) is 31.9. The highest BCUT2D eigenvalue weighted by atomic mass is 35.5. The summed E-state index contributed by atoms with van der Waals surface area (Å²) in [5.41, 5.74) is -1.50. The van der Waals surface area contributed by atoms with E-state index in [1.165, 1.54) is 32.3 Å². The van der Waals surface area contributed by atoms with Gasteiger partial charge in [-0.25, -0.2) is 9.97 Å². The highest BCUT2D eigenvalue weighted by molar-refractivity contribution is 6.41. The Morgan fingerprint density at radius 2 is 1.89 bits per heavy atom. The standard InChI is InChI=1S/C30H34ClF3N6O4/c1-28(2,41)9-12-40-26(30(32,33)34)20(15-37-40)7-8-22(27-35-10-4-11-36-27)25(38-42)21-5-3-6-23(24(21)31)44-14-13-39-16-29(17-39)18-43-19-29/h3-6,8,10-11,15,41-42H,7,9,12-14,16-19H2,1-2H3/b22-8-,38-25-. The number of aliphatic hydroxyl groups is 1. The van der Waals surface area contributed by atoms with Crippen molar-refractivity contribution in [2.75, 3.05) is 39.5 Å². The molecule has 1 aromatic carbocycles. The lowest BCUT2D eigenvalue weighted by atomic mass is 9.78. The fourth-order valence-corrected chi connectivity index (χ4v) is 5.64. The molecule has 0 aliphatic carbocycles. The van der Waals surface area contributed by atoms with Crippen LogP contribution >= 0.6 is 11.6 Å². The van der Waals surface area contributed by atoms with Gasteiger partial charge in [0.25, 0.3) is 0 Å². The number of aromatic nitrogens is 4. The summed E-state index contributed by atoms with van der Waals surface area (Å²) in [6.45, 7) is 7.52. The number of aryl methyl sites for hydroxylation is 1. The van der Waals surface area contributed by atoms with Crippen molar-refractivity contribution in [3.8, 4) is 5.75 Å². The first-order valence-electron chi connectivity index (χ1n) is 14.2. The largest absolute Gasteiger partial charge is 0.491 e. The van der Waals surface area contributed by atoms with Gasteiger partial charge in [0.05, 0.1) is 30.0 Å². The van der Waals surface area contributed by atoms with Gasteiger partial charge in [-0.1, -0.05) is 35.0 Å². The molecule has 2 saturated heterocycles. The zero-order valence-electron chi connectivity index (χ0n) is 24.4. The van der Waals surface area contributed by atoms with Crippen molar-refractivity contribution in [2.45, 2.75) is 45.0 Å². The SMILES string of the molecule is CC(C)(O)CCn1ncc(C/C=C(/C(=N\O)c2cccc(OCCN3CC4(COC4)C3)c2Cl)c2ncccn2)c1C(F)(F)F. The van der Waals surface area contributed by atoms with Crippen LogP contribution in [0.4, 0.5) is 13.2 Å². The molecule has 2 aliphatic rings. The van der Waals surface area contributed by atoms with Crippen LogP contribution in [0.3, 0.4) is 0 Å². The molecule has 1 spiro atoms. The van der Waals surface area contributed by atoms with Gasteiger partial charge < -0.3 is 19.8 Å². The Kier molecular flexibility index (Phi) is 9.30. The molecule has 44 heavy (non-hydrogen) atoms. The third-order valence-electron chi connectivity index (χ3n) is 7.63. The molecule has 0 amide bonds. The number of hydrogen-bond donors (Lipinski definition) is 2. The third-order valence-corrected chi connectivity index (χ3v) is 8.01. The lowest BCUT2D eigenvalue weighted by Crippen LogP contribution is -2.66. The number of ether oxygens (including phenoxy) is 2. The van der Waals surface area contributed by atoms with Gasteiger partial charge in [0.15, 0.2) is 5.82 Å². The molecule has 3 aromatic rings. The second-order valence-corrected chi connectivity index (χ2v) is 12.2. The average Bonchev–Trinajstić information content (AvgIpc) is 3.35. The fraction of sp³-hybridized carbons (Fsp3) is 0.467. The van der Waals surface area contributed by atoms with Crippen LogP contribution in [0.2, 0.25) is 5.02 Å². The summed E-state index contributed by atoms with van der Waals surface area (Å²) in [5.74, 6) is 0.491. The lowest BCUT2D eigenvalue weighted by Gasteiger charge is -2.55. The number of hydrogen-bond acceptors (Lipinski definition) is 9. The second-order valence-electron chi connectivity index (χ2n) is 11.8. The van der Waals surface area contributed by atoms with Crippen molar-refractivity contribution < 1.29 is 33.0 Å². The number of nitrogens with zero attached hydrogens (tertiary/aromatic N) is 6. The van der Waals surface area contributed by atoms with E-state index >= 15 is 0 Å². The summed E-state index contributed by atoms with van der Waals surface area (Å²) in [5, 5.41) is 27.8. The van der Waals surface area contributed by atoms with Crippen molar-refractivity contribution in [1.29, 1.82) is 0 Å². The third kappa shape index (κ3) is 7.23. The van der Waals surface area contributed by atoms with Gasteiger partial charge in [0.2, 0.25) is 0 Å². The van der Waals surface area contributed by atoms with Crippen molar-refractivity contribution >= 4 is 22.9 Å². The summed E-state index contributed by atoms with van der Waals surface area (Å²) < 4.78 is 54.6. The fourth-order valence-electron chi connectivity index (χ4n) is 5.37. The number of allylic oxidation sites excluding steroid dienone is 2. The number of likely N-dealkylation sites (tertiary alicyclic amines) is 1. The molecule has 2 aromatic heterocycles. The molecule has 14 heteroatoms. The number of alkyl halides is 3. The van der Waals surface area contributed by atoms with Gasteiger partial charge in [-0.05, 0) is 38.8 Å². The van der Waals surface area contributed by atoms with Gasteiger partial charge in [-0.2, -0.15) is 18.3 Å². The molecule has 5 rings (SSSR count). The van der Waals surface area contributed by atoms with Crippen LogP contribution in [0.5, 0.6) is 5.75 Å². The van der Waals surface area contributed by atoms with Crippen LogP contribution in [0.25, 0.3) is 5.57 Å². The summed E-state index contributed by atoms with van der Waals surface area (Å²) >= 11 is 6.73. The van der Waals surface area contributed by atoms with Crippen LogP contribution in [0.1, 0.15) is 42.9 Å². The van der Waals surface area contributed by atoms with Crippen LogP contribution < -0.4 is 4.74 Å². The average molecular weight is 635 g/mol. The molecule has 2 N–H and O–H groups in total. The molecule has 0 bridgehead atoms. The van der Waals surface area contributed by atoms with Gasteiger partial charge >= 0.3 is 6.18 Å². The zero-order valence-corrected chi connectivity index (χ0v) is 25.1. The van der Waals surface area contributed by atoms with E-state index < -0.39 is 17.5 Å². The van der Waals surface area contributed by atoms with Gasteiger partial charge in [-0.15, -0.1) is 0 Å². The van der Waals surface area contributed by atoms with Crippen molar-refractivity contribution in [3.05, 3.63) is 76.6 Å². The minimum absolute atomic E-state index is 0.0377. The van der Waals surface area contributed by atoms with Crippen molar-refractivity contribution in [2.24, 2.45) is 10.6 Å². The molecule has 2 aliphatic heterocycles. The van der Waals surface area contributed by atoms with Crippen LogP contribution in [-0.2, 0) is 23.9 Å². The molecule has 0 atom stereocenters. The van der Waals surface area contributed by atoms with E-state index in [0.29, 0.717) is 24.3 Å². The number of rotatable bonds is 12. The van der Waals surface area contributed by atoms with Crippen molar-refractivity contribution in [1.82, 2.24) is 24.6 Å². The van der Waals surface area contributed by atoms with Crippen LogP contribution in [0, 0.1) is 5.41 Å². The van der Waals surface area contributed by atoms with E-state index in [9.17, 15) is 23.5 Å². The van der Waals surface area contributed by atoms with E-state index in [1.54, 1.807) is 24.3 Å². The van der Waals surface area contributed by atoms with Crippen LogP contribution in [0.15, 0.2) is 54.1 Å². The maximum absolute atomic E-state index is 14.2. The summed E-state index contributed by atoms with van der Waals surface area (Å²) in [4.78, 5) is 10.8. The summed E-state index contributed by atoms with van der Waals surface area (Å²) in [6, 6.07) is 6.58. The molecular formula is C30H34ClF3N6O4. The molecule has 0 radical (unpaired) electrons. The van der Waals surface area contributed by atoms with Gasteiger partial charge in [0, 0.05) is 60.7 Å². The van der Waals surface area contributed by atoms with Gasteiger partial charge in [-0.3, -0.25) is 9.58 Å². The maximum atomic E-state index is 14.2. The highest BCUT2D eigenvalue weighted by Gasteiger charge is 2.48. The Balaban J connectivity index is 1.40. The minimum atomic E-state index is -4.70. The molecule has 10 nitrogen and oxygen atoms in total. The minimum Gasteiger partial charge on any atom is -0.491 e.